The number of nitrogens with one attached hydrogen (secondary N) is 1. The maximum absolute atomic E-state index is 11.4. The molecule has 8 heteroatoms. The lowest BCUT2D eigenvalue weighted by Gasteiger charge is -2.14. The lowest BCUT2D eigenvalue weighted by molar-refractivity contribution is 0.542. The second-order valence-electron chi connectivity index (χ2n) is 9.04. The monoisotopic (exact) mass is 480 g/mol. The highest BCUT2D eigenvalue weighted by Crippen LogP contribution is 2.40. The van der Waals surface area contributed by atoms with E-state index in [1.165, 1.54) is 28.7 Å². The predicted octanol–water partition coefficient (Wildman–Crippen LogP) is 4.56. The Balaban J connectivity index is 1.57. The zero-order chi connectivity index (χ0) is 23.6. The fourth-order valence-electron chi connectivity index (χ4n) is 4.37. The first-order valence-electron chi connectivity index (χ1n) is 11.2. The third-order valence-electron chi connectivity index (χ3n) is 5.90. The average molecular weight is 481 g/mol. The lowest BCUT2D eigenvalue weighted by Crippen LogP contribution is -2.25. The van der Waals surface area contributed by atoms with Crippen molar-refractivity contribution >= 4 is 21.2 Å². The zero-order valence-electron chi connectivity index (χ0n) is 19.1. The number of nitrogens with zero attached hydrogens (tertiary/aromatic N) is 3. The number of hydrogen-bond acceptors (Lipinski definition) is 7. The maximum atomic E-state index is 11.4. The second kappa shape index (κ2) is 9.72. The Hall–Kier alpha value is -2.60. The van der Waals surface area contributed by atoms with Gasteiger partial charge in [0.1, 0.15) is 19.9 Å². The average Bonchev–Trinajstić information content (AvgIpc) is 3.40. The van der Waals surface area contributed by atoms with E-state index >= 15 is 0 Å². The molecule has 1 aromatic heterocycles. The summed E-state index contributed by atoms with van der Waals surface area (Å²) in [4.78, 5) is 0. The summed E-state index contributed by atoms with van der Waals surface area (Å²) in [6.45, 7) is 4.75. The van der Waals surface area contributed by atoms with E-state index in [1.54, 1.807) is 0 Å². The van der Waals surface area contributed by atoms with Gasteiger partial charge in [0.25, 0.3) is 0 Å². The Bertz CT molecular complexity index is 1310. The standard InChI is InChI=1S/C25H28N4O2S2/c1-16(2)13-17-7-8-18(14-19(17)15-26)24-28-29-25(32-24)22-6-4-5-21-20(22)9-10-23(21)27-11-12-33(3,30)31/h4-8,14,16,23,27H,9-13H2,1-3H3/t23-/m0/s1. The number of hydrogen-bond donors (Lipinski definition) is 1. The van der Waals surface area contributed by atoms with Crippen LogP contribution in [0.3, 0.4) is 0 Å². The molecule has 0 saturated heterocycles. The molecule has 4 rings (SSSR count). The first kappa shape index (κ1) is 23.6. The minimum Gasteiger partial charge on any atom is -0.309 e. The van der Waals surface area contributed by atoms with Crippen LogP contribution in [-0.2, 0) is 22.7 Å². The van der Waals surface area contributed by atoms with Gasteiger partial charge in [0.2, 0.25) is 0 Å². The van der Waals surface area contributed by atoms with Gasteiger partial charge in [0.05, 0.1) is 17.4 Å². The van der Waals surface area contributed by atoms with Crippen LogP contribution in [0.2, 0.25) is 0 Å². The molecule has 0 radical (unpaired) electrons. The molecular formula is C25H28N4O2S2. The van der Waals surface area contributed by atoms with Crippen LogP contribution in [-0.4, -0.2) is 37.2 Å². The Morgan fingerprint density at radius 1 is 1.21 bits per heavy atom. The van der Waals surface area contributed by atoms with Gasteiger partial charge in [-0.25, -0.2) is 8.42 Å². The molecular weight excluding hydrogens is 452 g/mol. The van der Waals surface area contributed by atoms with E-state index in [0.29, 0.717) is 18.0 Å². The molecule has 3 aromatic rings. The number of fused-ring (bicyclic) bond motifs is 1. The Kier molecular flexibility index (Phi) is 6.94. The van der Waals surface area contributed by atoms with Gasteiger partial charge < -0.3 is 5.32 Å². The first-order chi connectivity index (χ1) is 15.7. The summed E-state index contributed by atoms with van der Waals surface area (Å²) in [5.41, 5.74) is 6.22. The largest absolute Gasteiger partial charge is 0.309 e. The third-order valence-corrected chi connectivity index (χ3v) is 7.85. The lowest BCUT2D eigenvalue weighted by atomic mass is 9.97. The van der Waals surface area contributed by atoms with Crippen LogP contribution in [0.15, 0.2) is 36.4 Å². The first-order valence-corrected chi connectivity index (χ1v) is 14.0. The molecule has 0 amide bonds. The molecule has 6 nitrogen and oxygen atoms in total. The van der Waals surface area contributed by atoms with E-state index in [9.17, 15) is 13.7 Å². The molecule has 172 valence electrons. The van der Waals surface area contributed by atoms with Gasteiger partial charge in [-0.15, -0.1) is 10.2 Å². The topological polar surface area (TPSA) is 95.7 Å². The molecule has 0 unspecified atom stereocenters. The van der Waals surface area contributed by atoms with Crippen molar-refractivity contribution in [1.82, 2.24) is 15.5 Å². The number of benzene rings is 2. The second-order valence-corrected chi connectivity index (χ2v) is 12.3. The van der Waals surface area contributed by atoms with E-state index in [-0.39, 0.29) is 11.8 Å². The molecule has 1 N–H and O–H groups in total. The molecule has 0 spiro atoms. The molecule has 2 aromatic carbocycles. The highest BCUT2D eigenvalue weighted by Gasteiger charge is 2.26. The van der Waals surface area contributed by atoms with E-state index < -0.39 is 9.84 Å². The van der Waals surface area contributed by atoms with Crippen molar-refractivity contribution < 1.29 is 8.42 Å². The molecule has 1 heterocycles. The summed E-state index contributed by atoms with van der Waals surface area (Å²) in [6, 6.07) is 14.7. The van der Waals surface area contributed by atoms with Crippen molar-refractivity contribution in [1.29, 1.82) is 5.26 Å². The fourth-order valence-corrected chi connectivity index (χ4v) is 5.75. The van der Waals surface area contributed by atoms with Crippen molar-refractivity contribution in [2.24, 2.45) is 5.92 Å². The number of nitriles is 1. The van der Waals surface area contributed by atoms with Gasteiger partial charge in [-0.1, -0.05) is 55.5 Å². The molecule has 0 saturated carbocycles. The minimum absolute atomic E-state index is 0.138. The van der Waals surface area contributed by atoms with Gasteiger partial charge in [0.15, 0.2) is 0 Å². The highest BCUT2D eigenvalue weighted by molar-refractivity contribution is 7.90. The summed E-state index contributed by atoms with van der Waals surface area (Å²) in [7, 11) is -2.98. The zero-order valence-corrected chi connectivity index (χ0v) is 20.8. The van der Waals surface area contributed by atoms with Crippen molar-refractivity contribution in [3.63, 3.8) is 0 Å². The smallest absolute Gasteiger partial charge is 0.148 e. The van der Waals surface area contributed by atoms with Crippen molar-refractivity contribution in [2.75, 3.05) is 18.6 Å². The summed E-state index contributed by atoms with van der Waals surface area (Å²) in [5.74, 6) is 0.625. The van der Waals surface area contributed by atoms with Crippen LogP contribution in [0, 0.1) is 17.2 Å². The number of aromatic nitrogens is 2. The highest BCUT2D eigenvalue weighted by atomic mass is 32.2. The van der Waals surface area contributed by atoms with Gasteiger partial charge in [-0.05, 0) is 47.9 Å². The summed E-state index contributed by atoms with van der Waals surface area (Å²) < 4.78 is 22.9. The summed E-state index contributed by atoms with van der Waals surface area (Å²) >= 11 is 1.54. The van der Waals surface area contributed by atoms with Crippen molar-refractivity contribution in [3.8, 4) is 27.2 Å². The Morgan fingerprint density at radius 2 is 2.00 bits per heavy atom. The van der Waals surface area contributed by atoms with Gasteiger partial charge >= 0.3 is 0 Å². The van der Waals surface area contributed by atoms with Crippen LogP contribution in [0.1, 0.15) is 48.6 Å². The number of sulfone groups is 1. The van der Waals surface area contributed by atoms with E-state index in [4.69, 9.17) is 0 Å². The van der Waals surface area contributed by atoms with Crippen LogP contribution >= 0.6 is 11.3 Å². The van der Waals surface area contributed by atoms with Crippen LogP contribution in [0.5, 0.6) is 0 Å². The summed E-state index contributed by atoms with van der Waals surface area (Å²) in [5, 5.41) is 23.6. The van der Waals surface area contributed by atoms with Crippen LogP contribution in [0.25, 0.3) is 21.1 Å². The molecule has 0 aliphatic heterocycles. The van der Waals surface area contributed by atoms with Gasteiger partial charge in [0, 0.05) is 30.0 Å². The van der Waals surface area contributed by atoms with E-state index in [0.717, 1.165) is 46.0 Å². The Labute approximate surface area is 199 Å². The SMILES string of the molecule is CC(C)Cc1ccc(-c2nnc(-c3cccc4c3CC[C@@H]4NCCS(C)(=O)=O)s2)cc1C#N. The minimum atomic E-state index is -2.98. The summed E-state index contributed by atoms with van der Waals surface area (Å²) in [6.07, 6.45) is 3.99. The molecule has 1 atom stereocenters. The number of rotatable bonds is 8. The van der Waals surface area contributed by atoms with E-state index in [1.807, 2.05) is 24.3 Å². The van der Waals surface area contributed by atoms with Crippen LogP contribution in [0.4, 0.5) is 0 Å². The molecule has 1 aliphatic carbocycles. The quantitative estimate of drug-likeness (QED) is 0.508. The van der Waals surface area contributed by atoms with Crippen molar-refractivity contribution in [3.05, 3.63) is 58.7 Å². The third kappa shape index (κ3) is 5.49. The molecule has 33 heavy (non-hydrogen) atoms. The molecule has 0 bridgehead atoms. The molecule has 1 aliphatic rings. The van der Waals surface area contributed by atoms with Gasteiger partial charge in [-0.3, -0.25) is 0 Å². The van der Waals surface area contributed by atoms with E-state index in [2.05, 4.69) is 47.6 Å². The maximum Gasteiger partial charge on any atom is 0.148 e. The molecule has 0 fully saturated rings. The van der Waals surface area contributed by atoms with Gasteiger partial charge in [-0.2, -0.15) is 5.26 Å². The fraction of sp³-hybridized carbons (Fsp3) is 0.400. The Morgan fingerprint density at radius 3 is 2.73 bits per heavy atom. The predicted molar refractivity (Wildman–Crippen MR) is 133 cm³/mol. The normalized spacial score (nSPS) is 15.5. The van der Waals surface area contributed by atoms with Crippen LogP contribution < -0.4 is 5.32 Å². The van der Waals surface area contributed by atoms with Crippen molar-refractivity contribution in [2.45, 2.75) is 39.2 Å².